The molecule has 0 spiro atoms. The van der Waals surface area contributed by atoms with Crippen LogP contribution in [0.25, 0.3) is 0 Å². The van der Waals surface area contributed by atoms with Crippen LogP contribution in [0, 0.1) is 5.41 Å². The van der Waals surface area contributed by atoms with Gasteiger partial charge in [-0.3, -0.25) is 5.41 Å². The molecule has 1 aliphatic rings. The van der Waals surface area contributed by atoms with Crippen LogP contribution in [0.3, 0.4) is 0 Å². The minimum Gasteiger partial charge on any atom is -0.463 e. The Morgan fingerprint density at radius 2 is 2.62 bits per heavy atom. The largest absolute Gasteiger partial charge is 0.463 e. The Kier molecular flexibility index (Phi) is 1.37. The maximum Gasteiger partial charge on any atom is 0.284 e. The first-order valence-corrected chi connectivity index (χ1v) is 2.81. The summed E-state index contributed by atoms with van der Waals surface area (Å²) in [5, 5.41) is 7.11. The fraction of sp³-hybridized carbons (Fsp3) is 0.800. The van der Waals surface area contributed by atoms with Crippen LogP contribution in [0.4, 0.5) is 0 Å². The maximum atomic E-state index is 7.11. The van der Waals surface area contributed by atoms with Crippen LogP contribution in [0.15, 0.2) is 0 Å². The summed E-state index contributed by atoms with van der Waals surface area (Å²) in [4.78, 5) is 1.89. The molecule has 1 aliphatic heterocycles. The van der Waals surface area contributed by atoms with E-state index in [1.165, 1.54) is 0 Å². The van der Waals surface area contributed by atoms with Crippen molar-refractivity contribution < 1.29 is 4.74 Å². The van der Waals surface area contributed by atoms with Gasteiger partial charge >= 0.3 is 0 Å². The minimum atomic E-state index is 0.326. The molecule has 0 amide bonds. The molecule has 46 valence electrons. The molecule has 0 aromatic rings. The van der Waals surface area contributed by atoms with Gasteiger partial charge in [-0.05, 0) is 6.92 Å². The van der Waals surface area contributed by atoms with Crippen molar-refractivity contribution in [3.8, 4) is 0 Å². The molecule has 0 saturated carbocycles. The fourth-order valence-electron chi connectivity index (χ4n) is 0.747. The Labute approximate surface area is 48.8 Å². The Morgan fingerprint density at radius 3 is 2.88 bits per heavy atom. The molecule has 0 bridgehead atoms. The first-order valence-electron chi connectivity index (χ1n) is 2.81. The third-order valence-electron chi connectivity index (χ3n) is 1.27. The number of nitrogens with one attached hydrogen (secondary N) is 1. The number of amidine groups is 1. The lowest BCUT2D eigenvalue weighted by atomic mass is 10.6. The SMILES string of the molecule is CCN1CCOC1=N. The lowest BCUT2D eigenvalue weighted by Crippen LogP contribution is -2.23. The van der Waals surface area contributed by atoms with E-state index < -0.39 is 0 Å². The van der Waals surface area contributed by atoms with Gasteiger partial charge in [-0.2, -0.15) is 0 Å². The summed E-state index contributed by atoms with van der Waals surface area (Å²) in [6.45, 7) is 4.48. The third kappa shape index (κ3) is 0.757. The molecule has 3 nitrogen and oxygen atoms in total. The summed E-state index contributed by atoms with van der Waals surface area (Å²) < 4.78 is 4.87. The summed E-state index contributed by atoms with van der Waals surface area (Å²) in [6.07, 6.45) is 0. The molecule has 1 rings (SSSR count). The van der Waals surface area contributed by atoms with Crippen LogP contribution in [0.1, 0.15) is 6.92 Å². The predicted octanol–water partition coefficient (Wildman–Crippen LogP) is 0.273. The number of likely N-dealkylation sites (N-methyl/N-ethyl adjacent to an activating group) is 1. The summed E-state index contributed by atoms with van der Waals surface area (Å²) in [5.41, 5.74) is 0. The first kappa shape index (κ1) is 5.41. The van der Waals surface area contributed by atoms with Crippen LogP contribution < -0.4 is 0 Å². The second kappa shape index (κ2) is 2.03. The van der Waals surface area contributed by atoms with Gasteiger partial charge in [0.25, 0.3) is 6.02 Å². The summed E-state index contributed by atoms with van der Waals surface area (Å²) in [7, 11) is 0. The third-order valence-corrected chi connectivity index (χ3v) is 1.27. The topological polar surface area (TPSA) is 36.3 Å². The first-order chi connectivity index (χ1) is 3.84. The van der Waals surface area contributed by atoms with E-state index in [0.29, 0.717) is 12.6 Å². The van der Waals surface area contributed by atoms with Crippen molar-refractivity contribution in [2.75, 3.05) is 19.7 Å². The monoisotopic (exact) mass is 114 g/mol. The zero-order chi connectivity index (χ0) is 5.98. The summed E-state index contributed by atoms with van der Waals surface area (Å²) >= 11 is 0. The van der Waals surface area contributed by atoms with Gasteiger partial charge in [0.15, 0.2) is 0 Å². The van der Waals surface area contributed by atoms with E-state index in [-0.39, 0.29) is 0 Å². The van der Waals surface area contributed by atoms with Crippen LogP contribution in [0.2, 0.25) is 0 Å². The van der Waals surface area contributed by atoms with Gasteiger partial charge in [0, 0.05) is 6.54 Å². The van der Waals surface area contributed by atoms with E-state index in [9.17, 15) is 0 Å². The molecule has 1 N–H and O–H groups in total. The van der Waals surface area contributed by atoms with E-state index in [0.717, 1.165) is 13.1 Å². The number of hydrogen-bond acceptors (Lipinski definition) is 2. The Morgan fingerprint density at radius 1 is 1.88 bits per heavy atom. The average Bonchev–Trinajstić information content (AvgIpc) is 2.14. The van der Waals surface area contributed by atoms with Crippen molar-refractivity contribution >= 4 is 6.02 Å². The van der Waals surface area contributed by atoms with Gasteiger partial charge in [-0.25, -0.2) is 0 Å². The number of rotatable bonds is 1. The normalized spacial score (nSPS) is 19.1. The lowest BCUT2D eigenvalue weighted by Gasteiger charge is -2.09. The van der Waals surface area contributed by atoms with E-state index in [1.54, 1.807) is 0 Å². The summed E-state index contributed by atoms with van der Waals surface area (Å²) in [5.74, 6) is 0. The van der Waals surface area contributed by atoms with Gasteiger partial charge in [0.1, 0.15) is 6.61 Å². The molecule has 3 heteroatoms. The molecule has 0 radical (unpaired) electrons. The molecule has 0 aromatic heterocycles. The Hall–Kier alpha value is -0.730. The highest BCUT2D eigenvalue weighted by atomic mass is 16.5. The molecule has 1 saturated heterocycles. The zero-order valence-electron chi connectivity index (χ0n) is 4.98. The zero-order valence-corrected chi connectivity index (χ0v) is 4.98. The van der Waals surface area contributed by atoms with Crippen LogP contribution >= 0.6 is 0 Å². The average molecular weight is 114 g/mol. The highest BCUT2D eigenvalue weighted by Gasteiger charge is 2.14. The Balaban J connectivity index is 2.42. The fourth-order valence-corrected chi connectivity index (χ4v) is 0.747. The highest BCUT2D eigenvalue weighted by Crippen LogP contribution is 1.98. The molecule has 0 atom stereocenters. The summed E-state index contributed by atoms with van der Waals surface area (Å²) in [6, 6.07) is 0.326. The van der Waals surface area contributed by atoms with Crippen LogP contribution in [-0.2, 0) is 4.74 Å². The van der Waals surface area contributed by atoms with Crippen molar-refractivity contribution in [1.29, 1.82) is 5.41 Å². The number of hydrogen-bond donors (Lipinski definition) is 1. The second-order valence-corrected chi connectivity index (χ2v) is 1.73. The maximum absolute atomic E-state index is 7.11. The van der Waals surface area contributed by atoms with Crippen molar-refractivity contribution in [3.05, 3.63) is 0 Å². The standard InChI is InChI=1S/C5H10N2O/c1-2-7-3-4-8-5(7)6/h6H,2-4H2,1H3. The quantitative estimate of drug-likeness (QED) is 0.531. The van der Waals surface area contributed by atoms with Crippen molar-refractivity contribution in [3.63, 3.8) is 0 Å². The molecule has 0 aromatic carbocycles. The van der Waals surface area contributed by atoms with E-state index >= 15 is 0 Å². The van der Waals surface area contributed by atoms with Gasteiger partial charge < -0.3 is 9.64 Å². The molecular weight excluding hydrogens is 104 g/mol. The molecule has 0 unspecified atom stereocenters. The number of nitrogens with zero attached hydrogens (tertiary/aromatic N) is 1. The van der Waals surface area contributed by atoms with Crippen molar-refractivity contribution in [2.24, 2.45) is 0 Å². The van der Waals surface area contributed by atoms with Crippen molar-refractivity contribution in [1.82, 2.24) is 4.90 Å². The second-order valence-electron chi connectivity index (χ2n) is 1.73. The highest BCUT2D eigenvalue weighted by molar-refractivity contribution is 5.71. The van der Waals surface area contributed by atoms with E-state index in [1.807, 2.05) is 11.8 Å². The van der Waals surface area contributed by atoms with E-state index in [2.05, 4.69) is 0 Å². The van der Waals surface area contributed by atoms with Crippen LogP contribution in [0.5, 0.6) is 0 Å². The smallest absolute Gasteiger partial charge is 0.284 e. The lowest BCUT2D eigenvalue weighted by molar-refractivity contribution is 0.348. The van der Waals surface area contributed by atoms with Gasteiger partial charge in [0.2, 0.25) is 0 Å². The Bertz CT molecular complexity index is 103. The van der Waals surface area contributed by atoms with Crippen LogP contribution in [-0.4, -0.2) is 30.6 Å². The molecular formula is C5H10N2O. The molecule has 1 fully saturated rings. The molecule has 0 aliphatic carbocycles. The molecule has 1 heterocycles. The minimum absolute atomic E-state index is 0.326. The van der Waals surface area contributed by atoms with Gasteiger partial charge in [0.05, 0.1) is 6.54 Å². The van der Waals surface area contributed by atoms with E-state index in [4.69, 9.17) is 10.1 Å². The number of ether oxygens (including phenoxy) is 1. The predicted molar refractivity (Wildman–Crippen MR) is 30.9 cm³/mol. The van der Waals surface area contributed by atoms with Gasteiger partial charge in [-0.1, -0.05) is 0 Å². The van der Waals surface area contributed by atoms with Gasteiger partial charge in [-0.15, -0.1) is 0 Å². The molecule has 8 heavy (non-hydrogen) atoms. The van der Waals surface area contributed by atoms with Crippen molar-refractivity contribution in [2.45, 2.75) is 6.92 Å².